The second-order valence-electron chi connectivity index (χ2n) is 2.67. The number of rotatable bonds is 4. The maximum Gasteiger partial charge on any atom is 0.314 e. The Morgan fingerprint density at radius 1 is 1.62 bits per heavy atom. The fraction of sp³-hybridized carbons (Fsp3) is 0.125. The standard InChI is InChI=1S/C8H5BrN2O3S2/c9-5-2-1-4(16-5)7-10-8(14-11-7)15-3-6(12)13/h1-2H,3H2,(H,12,13). The number of carbonyl (C=O) groups is 1. The monoisotopic (exact) mass is 320 g/mol. The van der Waals surface area contributed by atoms with Gasteiger partial charge in [-0.3, -0.25) is 4.79 Å². The van der Waals surface area contributed by atoms with Crippen LogP contribution < -0.4 is 0 Å². The van der Waals surface area contributed by atoms with Crippen molar-refractivity contribution in [3.8, 4) is 10.7 Å². The van der Waals surface area contributed by atoms with Crippen molar-refractivity contribution >= 4 is 45.0 Å². The number of nitrogens with zero attached hydrogens (tertiary/aromatic N) is 2. The summed E-state index contributed by atoms with van der Waals surface area (Å²) < 4.78 is 5.89. The Balaban J connectivity index is 2.10. The molecule has 0 aliphatic carbocycles. The van der Waals surface area contributed by atoms with Crippen molar-refractivity contribution in [1.29, 1.82) is 0 Å². The van der Waals surface area contributed by atoms with Gasteiger partial charge >= 0.3 is 5.97 Å². The number of carboxylic acid groups (broad SMARTS) is 1. The summed E-state index contributed by atoms with van der Waals surface area (Å²) in [4.78, 5) is 15.3. The molecule has 2 rings (SSSR count). The molecule has 16 heavy (non-hydrogen) atoms. The van der Waals surface area contributed by atoms with Crippen LogP contribution >= 0.6 is 39.0 Å². The van der Waals surface area contributed by atoms with Crippen molar-refractivity contribution in [2.75, 3.05) is 5.75 Å². The molecule has 8 heteroatoms. The van der Waals surface area contributed by atoms with E-state index >= 15 is 0 Å². The Morgan fingerprint density at radius 2 is 2.44 bits per heavy atom. The number of carboxylic acids is 1. The van der Waals surface area contributed by atoms with Crippen LogP contribution in [-0.4, -0.2) is 27.0 Å². The first-order valence-electron chi connectivity index (χ1n) is 4.09. The van der Waals surface area contributed by atoms with Crippen molar-refractivity contribution in [2.45, 2.75) is 5.22 Å². The van der Waals surface area contributed by atoms with Gasteiger partial charge in [0, 0.05) is 0 Å². The molecule has 2 aromatic heterocycles. The fourth-order valence-corrected chi connectivity index (χ4v) is 2.73. The predicted octanol–water partition coefficient (Wildman–Crippen LogP) is 2.74. The van der Waals surface area contributed by atoms with Gasteiger partial charge in [-0.2, -0.15) is 4.98 Å². The van der Waals surface area contributed by atoms with E-state index in [2.05, 4.69) is 26.1 Å². The molecule has 1 N–H and O–H groups in total. The Morgan fingerprint density at radius 3 is 3.06 bits per heavy atom. The largest absolute Gasteiger partial charge is 0.481 e. The molecule has 0 atom stereocenters. The topological polar surface area (TPSA) is 76.2 Å². The van der Waals surface area contributed by atoms with Gasteiger partial charge in [-0.1, -0.05) is 16.9 Å². The molecule has 0 aliphatic rings. The second kappa shape index (κ2) is 4.98. The van der Waals surface area contributed by atoms with Crippen LogP contribution in [-0.2, 0) is 4.79 Å². The van der Waals surface area contributed by atoms with E-state index in [4.69, 9.17) is 9.63 Å². The highest BCUT2D eigenvalue weighted by atomic mass is 79.9. The minimum absolute atomic E-state index is 0.0875. The molecule has 84 valence electrons. The third-order valence-corrected chi connectivity index (χ3v) is 3.94. The first-order valence-corrected chi connectivity index (χ1v) is 6.68. The molecule has 0 aliphatic heterocycles. The SMILES string of the molecule is O=C(O)CSc1nc(-c2ccc(Br)s2)no1. The average molecular weight is 321 g/mol. The maximum absolute atomic E-state index is 10.3. The zero-order valence-electron chi connectivity index (χ0n) is 7.71. The molecule has 0 unspecified atom stereocenters. The molecule has 2 aromatic rings. The van der Waals surface area contributed by atoms with E-state index in [0.29, 0.717) is 5.82 Å². The van der Waals surface area contributed by atoms with Crippen LogP contribution in [0.25, 0.3) is 10.7 Å². The van der Waals surface area contributed by atoms with Gasteiger partial charge in [0.2, 0.25) is 5.82 Å². The molecule has 2 heterocycles. The summed E-state index contributed by atoms with van der Waals surface area (Å²) in [6, 6.07) is 3.76. The first kappa shape index (κ1) is 11.6. The van der Waals surface area contributed by atoms with Crippen molar-refractivity contribution in [1.82, 2.24) is 10.1 Å². The molecular weight excluding hydrogens is 316 g/mol. The van der Waals surface area contributed by atoms with Crippen LogP contribution in [0.15, 0.2) is 25.7 Å². The lowest BCUT2D eigenvalue weighted by Gasteiger charge is -1.87. The number of aromatic nitrogens is 2. The number of thiophene rings is 1. The minimum Gasteiger partial charge on any atom is -0.481 e. The zero-order chi connectivity index (χ0) is 11.5. The Hall–Kier alpha value is -0.860. The van der Waals surface area contributed by atoms with Crippen LogP contribution in [0.1, 0.15) is 0 Å². The summed E-state index contributed by atoms with van der Waals surface area (Å²) in [5.74, 6) is -0.525. The van der Waals surface area contributed by atoms with Gasteiger partial charge in [-0.05, 0) is 28.1 Å². The number of hydrogen-bond acceptors (Lipinski definition) is 6. The summed E-state index contributed by atoms with van der Waals surface area (Å²) in [6.45, 7) is 0. The average Bonchev–Trinajstić information content (AvgIpc) is 2.83. The molecule has 0 aromatic carbocycles. The van der Waals surface area contributed by atoms with E-state index < -0.39 is 5.97 Å². The zero-order valence-corrected chi connectivity index (χ0v) is 10.9. The number of aliphatic carboxylic acids is 1. The highest BCUT2D eigenvalue weighted by molar-refractivity contribution is 9.11. The summed E-state index contributed by atoms with van der Waals surface area (Å²) in [6.07, 6.45) is 0. The summed E-state index contributed by atoms with van der Waals surface area (Å²) >= 11 is 5.82. The van der Waals surface area contributed by atoms with Crippen molar-refractivity contribution < 1.29 is 14.4 Å². The van der Waals surface area contributed by atoms with E-state index in [9.17, 15) is 4.79 Å². The molecule has 0 bridgehead atoms. The maximum atomic E-state index is 10.3. The van der Waals surface area contributed by atoms with Crippen molar-refractivity contribution in [3.63, 3.8) is 0 Å². The predicted molar refractivity (Wildman–Crippen MR) is 63.7 cm³/mol. The van der Waals surface area contributed by atoms with Gasteiger partial charge in [0.15, 0.2) is 0 Å². The smallest absolute Gasteiger partial charge is 0.314 e. The van der Waals surface area contributed by atoms with Crippen LogP contribution in [0, 0.1) is 0 Å². The van der Waals surface area contributed by atoms with Gasteiger partial charge in [0.05, 0.1) is 8.66 Å². The molecule has 0 radical (unpaired) electrons. The summed E-state index contributed by atoms with van der Waals surface area (Å²) in [5, 5.41) is 12.5. The third-order valence-electron chi connectivity index (χ3n) is 1.52. The van der Waals surface area contributed by atoms with Crippen LogP contribution in [0.2, 0.25) is 0 Å². The van der Waals surface area contributed by atoms with E-state index in [1.165, 1.54) is 11.3 Å². The Kier molecular flexibility index (Phi) is 3.62. The molecule has 0 spiro atoms. The third kappa shape index (κ3) is 2.83. The number of halogens is 1. The first-order chi connectivity index (χ1) is 7.65. The van der Waals surface area contributed by atoms with Crippen LogP contribution in [0.4, 0.5) is 0 Å². The van der Waals surface area contributed by atoms with E-state index in [1.54, 1.807) is 0 Å². The fourth-order valence-electron chi connectivity index (χ4n) is 0.926. The van der Waals surface area contributed by atoms with Gasteiger partial charge in [0.25, 0.3) is 5.22 Å². The van der Waals surface area contributed by atoms with Crippen LogP contribution in [0.3, 0.4) is 0 Å². The lowest BCUT2D eigenvalue weighted by Crippen LogP contribution is -1.97. The normalized spacial score (nSPS) is 10.6. The highest BCUT2D eigenvalue weighted by Gasteiger charge is 2.11. The molecule has 0 saturated heterocycles. The van der Waals surface area contributed by atoms with Gasteiger partial charge in [-0.25, -0.2) is 0 Å². The van der Waals surface area contributed by atoms with Crippen LogP contribution in [0.5, 0.6) is 0 Å². The molecule has 0 saturated carbocycles. The highest BCUT2D eigenvalue weighted by Crippen LogP contribution is 2.30. The van der Waals surface area contributed by atoms with Crippen molar-refractivity contribution in [3.05, 3.63) is 15.9 Å². The van der Waals surface area contributed by atoms with Gasteiger partial charge in [-0.15, -0.1) is 11.3 Å². The number of hydrogen-bond donors (Lipinski definition) is 1. The molecule has 0 amide bonds. The minimum atomic E-state index is -0.913. The Bertz CT molecular complexity index is 511. The van der Waals surface area contributed by atoms with Gasteiger partial charge < -0.3 is 9.63 Å². The van der Waals surface area contributed by atoms with Crippen molar-refractivity contribution in [2.24, 2.45) is 0 Å². The number of thioether (sulfide) groups is 1. The van der Waals surface area contributed by atoms with E-state index in [-0.39, 0.29) is 11.0 Å². The molecule has 0 fully saturated rings. The van der Waals surface area contributed by atoms with E-state index in [0.717, 1.165) is 20.4 Å². The lowest BCUT2D eigenvalue weighted by molar-refractivity contribution is -0.133. The van der Waals surface area contributed by atoms with Gasteiger partial charge in [0.1, 0.15) is 5.75 Å². The summed E-state index contributed by atoms with van der Waals surface area (Å²) in [5.41, 5.74) is 0. The van der Waals surface area contributed by atoms with E-state index in [1.807, 2.05) is 12.1 Å². The second-order valence-corrected chi connectivity index (χ2v) is 6.06. The quantitative estimate of drug-likeness (QED) is 0.873. The molecule has 5 nitrogen and oxygen atoms in total. The Labute approximate surface area is 107 Å². The lowest BCUT2D eigenvalue weighted by atomic mass is 10.4. The summed E-state index contributed by atoms with van der Waals surface area (Å²) in [7, 11) is 0. The molecular formula is C8H5BrN2O3S2.